The van der Waals surface area contributed by atoms with Gasteiger partial charge in [0.05, 0.1) is 19.8 Å². The normalized spacial score (nSPS) is 15.1. The summed E-state index contributed by atoms with van der Waals surface area (Å²) >= 11 is 0. The summed E-state index contributed by atoms with van der Waals surface area (Å²) in [5.41, 5.74) is 3.48. The number of carbonyl (C=O) groups is 2. The topological polar surface area (TPSA) is 107 Å². The third-order valence-corrected chi connectivity index (χ3v) is 5.36. The largest absolute Gasteiger partial charge is 0.394 e. The molecule has 0 aliphatic carbocycles. The van der Waals surface area contributed by atoms with Crippen molar-refractivity contribution in [3.05, 3.63) is 66.4 Å². The van der Waals surface area contributed by atoms with Gasteiger partial charge in [-0.05, 0) is 42.0 Å². The first-order valence-electron chi connectivity index (χ1n) is 10.5. The summed E-state index contributed by atoms with van der Waals surface area (Å²) < 4.78 is 5.36. The van der Waals surface area contributed by atoms with Gasteiger partial charge in [0.25, 0.3) is 0 Å². The van der Waals surface area contributed by atoms with E-state index in [0.29, 0.717) is 18.9 Å². The Kier molecular flexibility index (Phi) is 6.84. The Balaban J connectivity index is 1.33. The summed E-state index contributed by atoms with van der Waals surface area (Å²) in [5, 5.41) is 15.9. The predicted molar refractivity (Wildman–Crippen MR) is 124 cm³/mol. The number of amides is 2. The van der Waals surface area contributed by atoms with Crippen LogP contribution in [0.3, 0.4) is 0 Å². The van der Waals surface area contributed by atoms with Gasteiger partial charge in [-0.25, -0.2) is 0 Å². The summed E-state index contributed by atoms with van der Waals surface area (Å²) in [5.74, 6) is -0.951. The Hall–Kier alpha value is -3.62. The summed E-state index contributed by atoms with van der Waals surface area (Å²) in [6, 6.07) is 14.2. The summed E-state index contributed by atoms with van der Waals surface area (Å²) in [6.45, 7) is 2.55. The molecule has 0 radical (unpaired) electrons. The van der Waals surface area contributed by atoms with Gasteiger partial charge in [-0.2, -0.15) is 0 Å². The van der Waals surface area contributed by atoms with Crippen molar-refractivity contribution in [2.45, 2.75) is 6.04 Å². The average molecular weight is 434 g/mol. The fraction of sp³-hybridized carbons (Fsp3) is 0.250. The average Bonchev–Trinajstić information content (AvgIpc) is 3.25. The number of anilines is 2. The molecule has 1 fully saturated rings. The van der Waals surface area contributed by atoms with Crippen molar-refractivity contribution in [1.29, 1.82) is 0 Å². The highest BCUT2D eigenvalue weighted by Gasteiger charge is 2.19. The number of ether oxygens (including phenoxy) is 1. The second kappa shape index (κ2) is 10.1. The molecule has 8 nitrogen and oxygen atoms in total. The van der Waals surface area contributed by atoms with Gasteiger partial charge in [-0.15, -0.1) is 0 Å². The number of H-pyrrole nitrogens is 1. The number of aromatic amines is 1. The van der Waals surface area contributed by atoms with E-state index in [0.717, 1.165) is 35.2 Å². The van der Waals surface area contributed by atoms with Crippen LogP contribution < -0.4 is 15.5 Å². The number of hydrogen-bond acceptors (Lipinski definition) is 5. The van der Waals surface area contributed by atoms with E-state index >= 15 is 0 Å². The van der Waals surface area contributed by atoms with Crippen LogP contribution in [0.1, 0.15) is 5.56 Å². The molecule has 4 N–H and O–H groups in total. The SMILES string of the molecule is O=C(C=Cc1c[nH]c2ccccc12)N[C@@H](CO)C(=O)Nc1ccc(N2CCOCC2)cc1. The van der Waals surface area contributed by atoms with Crippen molar-refractivity contribution in [1.82, 2.24) is 10.3 Å². The van der Waals surface area contributed by atoms with Crippen molar-refractivity contribution >= 4 is 40.2 Å². The van der Waals surface area contributed by atoms with Gasteiger partial charge < -0.3 is 30.4 Å². The molecule has 3 aromatic rings. The lowest BCUT2D eigenvalue weighted by Crippen LogP contribution is -2.45. The Morgan fingerprint density at radius 2 is 1.88 bits per heavy atom. The molecule has 166 valence electrons. The van der Waals surface area contributed by atoms with Gasteiger partial charge in [-0.1, -0.05) is 18.2 Å². The van der Waals surface area contributed by atoms with Crippen molar-refractivity contribution in [3.63, 3.8) is 0 Å². The van der Waals surface area contributed by atoms with Crippen molar-refractivity contribution in [3.8, 4) is 0 Å². The lowest BCUT2D eigenvalue weighted by Gasteiger charge is -2.29. The number of rotatable bonds is 7. The molecule has 2 heterocycles. The van der Waals surface area contributed by atoms with Gasteiger partial charge in [0.2, 0.25) is 11.8 Å². The van der Waals surface area contributed by atoms with Gasteiger partial charge >= 0.3 is 0 Å². The molecule has 0 unspecified atom stereocenters. The maximum atomic E-state index is 12.5. The van der Waals surface area contributed by atoms with Crippen LogP contribution in [0.5, 0.6) is 0 Å². The van der Waals surface area contributed by atoms with Gasteiger partial charge in [0, 0.05) is 47.6 Å². The zero-order valence-electron chi connectivity index (χ0n) is 17.6. The Morgan fingerprint density at radius 1 is 1.12 bits per heavy atom. The zero-order valence-corrected chi connectivity index (χ0v) is 17.6. The molecule has 32 heavy (non-hydrogen) atoms. The van der Waals surface area contributed by atoms with Gasteiger partial charge in [-0.3, -0.25) is 9.59 Å². The highest BCUT2D eigenvalue weighted by molar-refractivity contribution is 6.01. The van der Waals surface area contributed by atoms with E-state index in [1.807, 2.05) is 42.6 Å². The van der Waals surface area contributed by atoms with E-state index in [9.17, 15) is 14.7 Å². The molecule has 1 aromatic heterocycles. The summed E-state index contributed by atoms with van der Waals surface area (Å²) in [6.07, 6.45) is 4.83. The van der Waals surface area contributed by atoms with Crippen LogP contribution >= 0.6 is 0 Å². The van der Waals surface area contributed by atoms with E-state index in [1.165, 1.54) is 6.08 Å². The smallest absolute Gasteiger partial charge is 0.249 e. The Bertz CT molecular complexity index is 1100. The summed E-state index contributed by atoms with van der Waals surface area (Å²) in [7, 11) is 0. The predicted octanol–water partition coefficient (Wildman–Crippen LogP) is 2.13. The zero-order chi connectivity index (χ0) is 22.3. The number of morpholine rings is 1. The molecule has 0 spiro atoms. The molecular formula is C24H26N4O4. The first-order chi connectivity index (χ1) is 15.6. The minimum absolute atomic E-state index is 0.466. The monoisotopic (exact) mass is 434 g/mol. The molecule has 1 saturated heterocycles. The molecule has 2 amide bonds. The third kappa shape index (κ3) is 5.16. The van der Waals surface area contributed by atoms with Crippen LogP contribution in [-0.2, 0) is 14.3 Å². The number of carbonyl (C=O) groups excluding carboxylic acids is 2. The molecule has 1 aliphatic rings. The van der Waals surface area contributed by atoms with Crippen LogP contribution in [0.15, 0.2) is 60.8 Å². The number of nitrogens with zero attached hydrogens (tertiary/aromatic N) is 1. The standard InChI is InChI=1S/C24H26N4O4/c29-16-22(27-23(30)10-5-17-15-25-21-4-2-1-3-20(17)21)24(31)26-18-6-8-19(9-7-18)28-11-13-32-14-12-28/h1-10,15,22,25,29H,11-14,16H2,(H,26,31)(H,27,30)/t22-/m0/s1. The lowest BCUT2D eigenvalue weighted by molar-refractivity contribution is -0.124. The summed E-state index contributed by atoms with van der Waals surface area (Å²) in [4.78, 5) is 30.2. The number of aliphatic hydroxyl groups excluding tert-OH is 1. The molecule has 4 rings (SSSR count). The first kappa shape index (κ1) is 21.6. The number of nitrogens with one attached hydrogen (secondary N) is 3. The number of para-hydroxylation sites is 1. The highest BCUT2D eigenvalue weighted by Crippen LogP contribution is 2.20. The molecule has 0 bridgehead atoms. The van der Waals surface area contributed by atoms with Crippen molar-refractivity contribution < 1.29 is 19.4 Å². The van der Waals surface area contributed by atoms with Crippen LogP contribution in [0, 0.1) is 0 Å². The van der Waals surface area contributed by atoms with E-state index < -0.39 is 24.5 Å². The fourth-order valence-corrected chi connectivity index (χ4v) is 3.62. The number of aliphatic hydroxyl groups is 1. The maximum Gasteiger partial charge on any atom is 0.249 e. The van der Waals surface area contributed by atoms with Crippen molar-refractivity contribution in [2.75, 3.05) is 43.1 Å². The second-order valence-electron chi connectivity index (χ2n) is 7.50. The van der Waals surface area contributed by atoms with Crippen LogP contribution in [0.4, 0.5) is 11.4 Å². The number of aromatic nitrogens is 1. The van der Waals surface area contributed by atoms with Gasteiger partial charge in [0.1, 0.15) is 6.04 Å². The minimum atomic E-state index is -1.06. The Labute approximate surface area is 185 Å². The molecule has 1 aliphatic heterocycles. The second-order valence-corrected chi connectivity index (χ2v) is 7.50. The van der Waals surface area contributed by atoms with E-state index in [1.54, 1.807) is 18.2 Å². The third-order valence-electron chi connectivity index (χ3n) is 5.36. The number of hydrogen-bond donors (Lipinski definition) is 4. The molecule has 0 saturated carbocycles. The van der Waals surface area contributed by atoms with Crippen LogP contribution in [0.25, 0.3) is 17.0 Å². The number of fused-ring (bicyclic) bond motifs is 1. The fourth-order valence-electron chi connectivity index (χ4n) is 3.62. The lowest BCUT2D eigenvalue weighted by atomic mass is 10.1. The quantitative estimate of drug-likeness (QED) is 0.426. The van der Waals surface area contributed by atoms with Crippen LogP contribution in [0.2, 0.25) is 0 Å². The van der Waals surface area contributed by atoms with E-state index in [2.05, 4.69) is 20.5 Å². The van der Waals surface area contributed by atoms with Crippen LogP contribution in [-0.4, -0.2) is 60.9 Å². The van der Waals surface area contributed by atoms with E-state index in [-0.39, 0.29) is 0 Å². The highest BCUT2D eigenvalue weighted by atomic mass is 16.5. The Morgan fingerprint density at radius 3 is 2.62 bits per heavy atom. The minimum Gasteiger partial charge on any atom is -0.394 e. The molecular weight excluding hydrogens is 408 g/mol. The molecule has 8 heteroatoms. The number of benzene rings is 2. The van der Waals surface area contributed by atoms with E-state index in [4.69, 9.17) is 4.74 Å². The first-order valence-corrected chi connectivity index (χ1v) is 10.5. The van der Waals surface area contributed by atoms with Gasteiger partial charge in [0.15, 0.2) is 0 Å². The molecule has 2 aromatic carbocycles. The van der Waals surface area contributed by atoms with Crippen molar-refractivity contribution in [2.24, 2.45) is 0 Å². The molecule has 1 atom stereocenters. The maximum absolute atomic E-state index is 12.5.